The van der Waals surface area contributed by atoms with Crippen molar-refractivity contribution in [3.63, 3.8) is 0 Å². The van der Waals surface area contributed by atoms with E-state index in [1.54, 1.807) is 7.11 Å². The number of benzene rings is 1. The quantitative estimate of drug-likeness (QED) is 0.646. The summed E-state index contributed by atoms with van der Waals surface area (Å²) >= 11 is 0. The number of nitrogens with one attached hydrogen (secondary N) is 2. The van der Waals surface area contributed by atoms with Crippen LogP contribution in [-0.2, 0) is 11.2 Å². The summed E-state index contributed by atoms with van der Waals surface area (Å²) in [4.78, 5) is 11.8. The molecule has 1 atom stereocenters. The molecule has 0 spiro atoms. The highest BCUT2D eigenvalue weighted by Crippen LogP contribution is 2.14. The Labute approximate surface area is 146 Å². The van der Waals surface area contributed by atoms with E-state index in [9.17, 15) is 4.79 Å². The molecule has 1 aromatic rings. The maximum Gasteiger partial charge on any atom is 0.219 e. The standard InChI is InChI=1S/C20H32N2O2/c1-24-19-11-9-17(10-12-19)6-3-2-4-8-20(23)22-15-13-18-7-5-14-21-16-18/h9-12,18,21H,2-8,13-16H2,1H3,(H,22,23). The van der Waals surface area contributed by atoms with E-state index < -0.39 is 0 Å². The fourth-order valence-corrected chi connectivity index (χ4v) is 3.26. The maximum absolute atomic E-state index is 11.8. The van der Waals surface area contributed by atoms with Gasteiger partial charge in [-0.25, -0.2) is 0 Å². The van der Waals surface area contributed by atoms with Gasteiger partial charge in [-0.05, 0) is 75.2 Å². The first-order valence-electron chi connectivity index (χ1n) is 9.38. The van der Waals surface area contributed by atoms with E-state index in [0.717, 1.165) is 63.4 Å². The minimum Gasteiger partial charge on any atom is -0.497 e. The minimum atomic E-state index is 0.211. The molecule has 1 aliphatic rings. The molecule has 0 aromatic heterocycles. The topological polar surface area (TPSA) is 50.4 Å². The van der Waals surface area contributed by atoms with E-state index in [2.05, 4.69) is 22.8 Å². The van der Waals surface area contributed by atoms with Crippen LogP contribution in [-0.4, -0.2) is 32.7 Å². The zero-order valence-electron chi connectivity index (χ0n) is 15.0. The SMILES string of the molecule is COc1ccc(CCCCCC(=O)NCCC2CCCNC2)cc1. The van der Waals surface area contributed by atoms with Crippen LogP contribution in [0.1, 0.15) is 50.5 Å². The smallest absolute Gasteiger partial charge is 0.219 e. The number of unbranched alkanes of at least 4 members (excludes halogenated alkanes) is 2. The van der Waals surface area contributed by atoms with Crippen LogP contribution in [0.4, 0.5) is 0 Å². The van der Waals surface area contributed by atoms with Crippen molar-refractivity contribution in [2.24, 2.45) is 5.92 Å². The zero-order valence-corrected chi connectivity index (χ0v) is 15.0. The van der Waals surface area contributed by atoms with Crippen LogP contribution < -0.4 is 15.4 Å². The van der Waals surface area contributed by atoms with Crippen LogP contribution in [0.15, 0.2) is 24.3 Å². The Kier molecular flexibility index (Phi) is 8.67. The number of methoxy groups -OCH3 is 1. The van der Waals surface area contributed by atoms with Crippen LogP contribution in [0.3, 0.4) is 0 Å². The molecule has 1 aromatic carbocycles. The highest BCUT2D eigenvalue weighted by molar-refractivity contribution is 5.75. The van der Waals surface area contributed by atoms with E-state index in [1.165, 1.54) is 18.4 Å². The van der Waals surface area contributed by atoms with Gasteiger partial charge in [-0.15, -0.1) is 0 Å². The van der Waals surface area contributed by atoms with Crippen molar-refractivity contribution in [1.29, 1.82) is 0 Å². The molecule has 1 fully saturated rings. The van der Waals surface area contributed by atoms with Crippen LogP contribution in [0.2, 0.25) is 0 Å². The normalized spacial score (nSPS) is 17.5. The summed E-state index contributed by atoms with van der Waals surface area (Å²) < 4.78 is 5.16. The van der Waals surface area contributed by atoms with Gasteiger partial charge in [0.2, 0.25) is 5.91 Å². The van der Waals surface area contributed by atoms with Gasteiger partial charge >= 0.3 is 0 Å². The lowest BCUT2D eigenvalue weighted by molar-refractivity contribution is -0.121. The third kappa shape index (κ3) is 7.35. The summed E-state index contributed by atoms with van der Waals surface area (Å²) in [7, 11) is 1.69. The van der Waals surface area contributed by atoms with Crippen molar-refractivity contribution >= 4 is 5.91 Å². The first-order valence-corrected chi connectivity index (χ1v) is 9.38. The molecule has 4 heteroatoms. The molecule has 1 unspecified atom stereocenters. The Morgan fingerprint density at radius 2 is 2.08 bits per heavy atom. The Morgan fingerprint density at radius 1 is 1.25 bits per heavy atom. The lowest BCUT2D eigenvalue weighted by Crippen LogP contribution is -2.33. The molecule has 1 heterocycles. The van der Waals surface area contributed by atoms with Crippen molar-refractivity contribution in [3.8, 4) is 5.75 Å². The molecule has 0 bridgehead atoms. The van der Waals surface area contributed by atoms with Gasteiger partial charge in [0, 0.05) is 13.0 Å². The third-order valence-corrected chi connectivity index (χ3v) is 4.80. The van der Waals surface area contributed by atoms with Crippen LogP contribution in [0.5, 0.6) is 5.75 Å². The molecule has 134 valence electrons. The van der Waals surface area contributed by atoms with Gasteiger partial charge in [-0.1, -0.05) is 18.6 Å². The average Bonchev–Trinajstić information content (AvgIpc) is 2.63. The van der Waals surface area contributed by atoms with Crippen LogP contribution >= 0.6 is 0 Å². The number of aryl methyl sites for hydroxylation is 1. The number of rotatable bonds is 10. The minimum absolute atomic E-state index is 0.211. The summed E-state index contributed by atoms with van der Waals surface area (Å²) in [6.07, 6.45) is 8.62. The van der Waals surface area contributed by atoms with Crippen LogP contribution in [0, 0.1) is 5.92 Å². The molecule has 1 amide bonds. The second-order valence-electron chi connectivity index (χ2n) is 6.76. The molecule has 1 saturated heterocycles. The Bertz CT molecular complexity index is 467. The van der Waals surface area contributed by atoms with E-state index in [1.807, 2.05) is 12.1 Å². The van der Waals surface area contributed by atoms with E-state index >= 15 is 0 Å². The Hall–Kier alpha value is -1.55. The summed E-state index contributed by atoms with van der Waals surface area (Å²) in [6.45, 7) is 3.09. The molecule has 2 N–H and O–H groups in total. The number of amides is 1. The Balaban J connectivity index is 1.46. The van der Waals surface area contributed by atoms with Gasteiger partial charge in [0.1, 0.15) is 5.75 Å². The highest BCUT2D eigenvalue weighted by atomic mass is 16.5. The number of ether oxygens (including phenoxy) is 1. The number of piperidine rings is 1. The van der Waals surface area contributed by atoms with Crippen molar-refractivity contribution < 1.29 is 9.53 Å². The predicted octanol–water partition coefficient (Wildman–Crippen LogP) is 3.30. The lowest BCUT2D eigenvalue weighted by atomic mass is 9.96. The first-order chi connectivity index (χ1) is 11.8. The van der Waals surface area contributed by atoms with Gasteiger partial charge in [0.15, 0.2) is 0 Å². The molecular weight excluding hydrogens is 300 g/mol. The van der Waals surface area contributed by atoms with Gasteiger partial charge in [-0.3, -0.25) is 4.79 Å². The number of carbonyl (C=O) groups is 1. The average molecular weight is 332 g/mol. The fourth-order valence-electron chi connectivity index (χ4n) is 3.26. The van der Waals surface area contributed by atoms with E-state index in [4.69, 9.17) is 4.74 Å². The predicted molar refractivity (Wildman–Crippen MR) is 98.4 cm³/mol. The van der Waals surface area contributed by atoms with Crippen molar-refractivity contribution in [2.45, 2.75) is 51.4 Å². The monoisotopic (exact) mass is 332 g/mol. The van der Waals surface area contributed by atoms with Gasteiger partial charge in [0.05, 0.1) is 7.11 Å². The third-order valence-electron chi connectivity index (χ3n) is 4.80. The van der Waals surface area contributed by atoms with Gasteiger partial charge in [0.25, 0.3) is 0 Å². The van der Waals surface area contributed by atoms with E-state index in [0.29, 0.717) is 6.42 Å². The second-order valence-corrected chi connectivity index (χ2v) is 6.76. The number of carbonyl (C=O) groups excluding carboxylic acids is 1. The second kappa shape index (κ2) is 11.1. The van der Waals surface area contributed by atoms with Gasteiger partial charge < -0.3 is 15.4 Å². The van der Waals surface area contributed by atoms with Crippen molar-refractivity contribution in [2.75, 3.05) is 26.7 Å². The summed E-state index contributed by atoms with van der Waals surface area (Å²) in [6, 6.07) is 8.24. The first kappa shape index (κ1) is 18.8. The summed E-state index contributed by atoms with van der Waals surface area (Å²) in [5.41, 5.74) is 1.33. The number of hydrogen-bond acceptors (Lipinski definition) is 3. The summed E-state index contributed by atoms with van der Waals surface area (Å²) in [5, 5.41) is 6.49. The van der Waals surface area contributed by atoms with Crippen molar-refractivity contribution in [3.05, 3.63) is 29.8 Å². The molecule has 24 heavy (non-hydrogen) atoms. The zero-order chi connectivity index (χ0) is 17.0. The Morgan fingerprint density at radius 3 is 2.79 bits per heavy atom. The van der Waals surface area contributed by atoms with E-state index in [-0.39, 0.29) is 5.91 Å². The fraction of sp³-hybridized carbons (Fsp3) is 0.650. The van der Waals surface area contributed by atoms with Crippen molar-refractivity contribution in [1.82, 2.24) is 10.6 Å². The van der Waals surface area contributed by atoms with Gasteiger partial charge in [-0.2, -0.15) is 0 Å². The number of hydrogen-bond donors (Lipinski definition) is 2. The molecule has 0 saturated carbocycles. The highest BCUT2D eigenvalue weighted by Gasteiger charge is 2.12. The lowest BCUT2D eigenvalue weighted by Gasteiger charge is -2.22. The largest absolute Gasteiger partial charge is 0.497 e. The molecule has 4 nitrogen and oxygen atoms in total. The molecule has 0 aliphatic carbocycles. The maximum atomic E-state index is 11.8. The van der Waals surface area contributed by atoms with Crippen LogP contribution in [0.25, 0.3) is 0 Å². The summed E-state index contributed by atoms with van der Waals surface area (Å²) in [5.74, 6) is 1.85. The molecule has 2 rings (SSSR count). The molecule has 1 aliphatic heterocycles. The molecule has 0 radical (unpaired) electrons. The molecular formula is C20H32N2O2.